The predicted molar refractivity (Wildman–Crippen MR) is 89.9 cm³/mol. The van der Waals surface area contributed by atoms with Gasteiger partial charge in [-0.05, 0) is 21.3 Å². The molecule has 2 aromatic rings. The molecule has 0 aliphatic carbocycles. The molecule has 0 aromatic heterocycles. The molecule has 0 aliphatic heterocycles. The SMILES string of the molecule is C=C(Br)C[C@H](NC(=O)c1cccc2ccccc12)C(=O)OC. The van der Waals surface area contributed by atoms with E-state index in [1.807, 2.05) is 36.4 Å². The molecule has 0 radical (unpaired) electrons. The Morgan fingerprint density at radius 1 is 1.23 bits per heavy atom. The third-order valence-electron chi connectivity index (χ3n) is 3.25. The van der Waals surface area contributed by atoms with Crippen molar-refractivity contribution >= 4 is 38.6 Å². The molecule has 114 valence electrons. The number of hydrogen-bond donors (Lipinski definition) is 1. The van der Waals surface area contributed by atoms with Crippen molar-refractivity contribution in [2.75, 3.05) is 7.11 Å². The van der Waals surface area contributed by atoms with Gasteiger partial charge in [0.1, 0.15) is 6.04 Å². The van der Waals surface area contributed by atoms with E-state index in [1.165, 1.54) is 7.11 Å². The van der Waals surface area contributed by atoms with Crippen molar-refractivity contribution in [1.29, 1.82) is 0 Å². The van der Waals surface area contributed by atoms with Crippen molar-refractivity contribution < 1.29 is 14.3 Å². The first-order valence-corrected chi connectivity index (χ1v) is 7.52. The Balaban J connectivity index is 2.29. The monoisotopic (exact) mass is 361 g/mol. The van der Waals surface area contributed by atoms with Crippen LogP contribution in [-0.4, -0.2) is 25.0 Å². The summed E-state index contributed by atoms with van der Waals surface area (Å²) in [6, 6.07) is 12.3. The van der Waals surface area contributed by atoms with Crippen molar-refractivity contribution in [3.8, 4) is 0 Å². The highest BCUT2D eigenvalue weighted by molar-refractivity contribution is 9.11. The fraction of sp³-hybridized carbons (Fsp3) is 0.176. The number of rotatable bonds is 5. The molecule has 0 spiro atoms. The first-order valence-electron chi connectivity index (χ1n) is 6.72. The van der Waals surface area contributed by atoms with E-state index < -0.39 is 12.0 Å². The molecule has 0 bridgehead atoms. The molecule has 0 aliphatic rings. The third-order valence-corrected chi connectivity index (χ3v) is 3.57. The van der Waals surface area contributed by atoms with Crippen LogP contribution in [0, 0.1) is 0 Å². The molecular weight excluding hydrogens is 346 g/mol. The zero-order valence-corrected chi connectivity index (χ0v) is 13.7. The average molecular weight is 362 g/mol. The molecule has 1 N–H and O–H groups in total. The number of benzene rings is 2. The van der Waals surface area contributed by atoms with Gasteiger partial charge in [0.2, 0.25) is 0 Å². The molecule has 2 rings (SSSR count). The van der Waals surface area contributed by atoms with Crippen LogP contribution in [0.4, 0.5) is 0 Å². The van der Waals surface area contributed by atoms with Crippen LogP contribution < -0.4 is 5.32 Å². The molecule has 0 saturated carbocycles. The van der Waals surface area contributed by atoms with Crippen molar-refractivity contribution in [2.24, 2.45) is 0 Å². The predicted octanol–water partition coefficient (Wildman–Crippen LogP) is 3.41. The van der Waals surface area contributed by atoms with Gasteiger partial charge in [0.05, 0.1) is 7.11 Å². The van der Waals surface area contributed by atoms with Gasteiger partial charge in [-0.3, -0.25) is 4.79 Å². The summed E-state index contributed by atoms with van der Waals surface area (Å²) in [5.41, 5.74) is 0.521. The summed E-state index contributed by atoms with van der Waals surface area (Å²) >= 11 is 3.20. The smallest absolute Gasteiger partial charge is 0.328 e. The number of amides is 1. The zero-order chi connectivity index (χ0) is 16.1. The Morgan fingerprint density at radius 3 is 2.59 bits per heavy atom. The molecule has 0 unspecified atom stereocenters. The maximum absolute atomic E-state index is 12.5. The van der Waals surface area contributed by atoms with Crippen LogP contribution in [0.25, 0.3) is 10.8 Å². The first-order chi connectivity index (χ1) is 10.5. The van der Waals surface area contributed by atoms with Gasteiger partial charge < -0.3 is 10.1 Å². The quantitative estimate of drug-likeness (QED) is 0.830. The molecule has 1 amide bonds. The van der Waals surface area contributed by atoms with Crippen LogP contribution in [-0.2, 0) is 9.53 Å². The van der Waals surface area contributed by atoms with Gasteiger partial charge in [-0.2, -0.15) is 0 Å². The molecule has 0 saturated heterocycles. The summed E-state index contributed by atoms with van der Waals surface area (Å²) in [6.07, 6.45) is 0.267. The fourth-order valence-electron chi connectivity index (χ4n) is 2.22. The van der Waals surface area contributed by atoms with Gasteiger partial charge in [0.15, 0.2) is 0 Å². The Bertz CT molecular complexity index is 721. The topological polar surface area (TPSA) is 55.4 Å². The molecule has 22 heavy (non-hydrogen) atoms. The number of carbonyl (C=O) groups excluding carboxylic acids is 2. The van der Waals surface area contributed by atoms with Gasteiger partial charge in [-0.25, -0.2) is 4.79 Å². The number of carbonyl (C=O) groups is 2. The van der Waals surface area contributed by atoms with Gasteiger partial charge in [0.25, 0.3) is 5.91 Å². The Kier molecular flexibility index (Phi) is 5.33. The van der Waals surface area contributed by atoms with Gasteiger partial charge in [0, 0.05) is 12.0 Å². The molecule has 1 atom stereocenters. The number of esters is 1. The number of hydrogen-bond acceptors (Lipinski definition) is 3. The van der Waals surface area contributed by atoms with E-state index in [2.05, 4.69) is 27.8 Å². The number of fused-ring (bicyclic) bond motifs is 1. The second-order valence-corrected chi connectivity index (χ2v) is 5.92. The van der Waals surface area contributed by atoms with Gasteiger partial charge in [-0.1, -0.05) is 58.9 Å². The first kappa shape index (κ1) is 16.2. The fourth-order valence-corrected chi connectivity index (χ4v) is 2.54. The second-order valence-electron chi connectivity index (χ2n) is 4.80. The summed E-state index contributed by atoms with van der Waals surface area (Å²) in [6.45, 7) is 3.70. The highest BCUT2D eigenvalue weighted by Crippen LogP contribution is 2.19. The van der Waals surface area contributed by atoms with E-state index in [4.69, 9.17) is 4.74 Å². The highest BCUT2D eigenvalue weighted by atomic mass is 79.9. The maximum Gasteiger partial charge on any atom is 0.328 e. The lowest BCUT2D eigenvalue weighted by Crippen LogP contribution is -2.41. The van der Waals surface area contributed by atoms with E-state index in [-0.39, 0.29) is 12.3 Å². The van der Waals surface area contributed by atoms with Crippen LogP contribution in [0.1, 0.15) is 16.8 Å². The molecule has 5 heteroatoms. The summed E-state index contributed by atoms with van der Waals surface area (Å²) in [5, 5.41) is 4.51. The van der Waals surface area contributed by atoms with Crippen LogP contribution in [0.2, 0.25) is 0 Å². The lowest BCUT2D eigenvalue weighted by Gasteiger charge is -2.16. The van der Waals surface area contributed by atoms with Crippen molar-refractivity contribution in [1.82, 2.24) is 5.32 Å². The summed E-state index contributed by atoms with van der Waals surface area (Å²) in [7, 11) is 1.29. The van der Waals surface area contributed by atoms with E-state index >= 15 is 0 Å². The molecule has 4 nitrogen and oxygen atoms in total. The Hall–Kier alpha value is -2.14. The largest absolute Gasteiger partial charge is 0.467 e. The molecule has 2 aromatic carbocycles. The standard InChI is InChI=1S/C17H16BrNO3/c1-11(18)10-15(17(21)22-2)19-16(20)14-9-5-7-12-6-3-4-8-13(12)14/h3-9,15H,1,10H2,2H3,(H,19,20)/t15-/m0/s1. The lowest BCUT2D eigenvalue weighted by atomic mass is 10.0. The Morgan fingerprint density at radius 2 is 1.91 bits per heavy atom. The van der Waals surface area contributed by atoms with Crippen molar-refractivity contribution in [3.63, 3.8) is 0 Å². The van der Waals surface area contributed by atoms with Crippen LogP contribution >= 0.6 is 15.9 Å². The zero-order valence-electron chi connectivity index (χ0n) is 12.1. The van der Waals surface area contributed by atoms with Crippen molar-refractivity contribution in [2.45, 2.75) is 12.5 Å². The second kappa shape index (κ2) is 7.22. The van der Waals surface area contributed by atoms with E-state index in [9.17, 15) is 9.59 Å². The minimum Gasteiger partial charge on any atom is -0.467 e. The van der Waals surface area contributed by atoms with Gasteiger partial charge in [-0.15, -0.1) is 0 Å². The van der Waals surface area contributed by atoms with Crippen molar-refractivity contribution in [3.05, 3.63) is 59.1 Å². The summed E-state index contributed by atoms with van der Waals surface area (Å²) in [4.78, 5) is 24.3. The van der Waals surface area contributed by atoms with E-state index in [0.717, 1.165) is 10.8 Å². The number of ether oxygens (including phenoxy) is 1. The molecule has 0 heterocycles. The van der Waals surface area contributed by atoms with Crippen LogP contribution in [0.3, 0.4) is 0 Å². The normalized spacial score (nSPS) is 11.7. The van der Waals surface area contributed by atoms with E-state index in [0.29, 0.717) is 10.0 Å². The van der Waals surface area contributed by atoms with E-state index in [1.54, 1.807) is 6.07 Å². The molecular formula is C17H16BrNO3. The van der Waals surface area contributed by atoms with Gasteiger partial charge >= 0.3 is 5.97 Å². The minimum atomic E-state index is -0.775. The minimum absolute atomic E-state index is 0.267. The molecule has 0 fully saturated rings. The average Bonchev–Trinajstić information content (AvgIpc) is 2.52. The van der Waals surface area contributed by atoms with Crippen LogP contribution in [0.5, 0.6) is 0 Å². The highest BCUT2D eigenvalue weighted by Gasteiger charge is 2.23. The number of halogens is 1. The summed E-state index contributed by atoms with van der Waals surface area (Å²) < 4.78 is 5.33. The number of methoxy groups -OCH3 is 1. The number of nitrogens with one attached hydrogen (secondary N) is 1. The Labute approximate surface area is 137 Å². The summed E-state index contributed by atoms with van der Waals surface area (Å²) in [5.74, 6) is -0.824. The lowest BCUT2D eigenvalue weighted by molar-refractivity contribution is -0.142. The van der Waals surface area contributed by atoms with Crippen LogP contribution in [0.15, 0.2) is 53.5 Å². The third kappa shape index (κ3) is 3.74. The maximum atomic E-state index is 12.5.